The number of carbonyl (C=O) groups is 2. The van der Waals surface area contributed by atoms with Crippen LogP contribution in [-0.2, 0) is 14.8 Å². The fourth-order valence-corrected chi connectivity index (χ4v) is 5.91. The van der Waals surface area contributed by atoms with Crippen molar-refractivity contribution in [2.75, 3.05) is 48.7 Å². The Morgan fingerprint density at radius 2 is 1.70 bits per heavy atom. The molecular formula is C30H30N4O5S. The molecule has 40 heavy (non-hydrogen) atoms. The fraction of sp³-hybridized carbons (Fsp3) is 0.200. The molecule has 0 spiro atoms. The van der Waals surface area contributed by atoms with Crippen molar-refractivity contribution in [3.63, 3.8) is 0 Å². The summed E-state index contributed by atoms with van der Waals surface area (Å²) >= 11 is 0. The van der Waals surface area contributed by atoms with Crippen LogP contribution in [0.15, 0.2) is 83.8 Å². The number of nitrogens with one attached hydrogen (secondary N) is 2. The van der Waals surface area contributed by atoms with Gasteiger partial charge in [0.15, 0.2) is 6.61 Å². The first-order valence-corrected chi connectivity index (χ1v) is 14.3. The molecule has 0 saturated carbocycles. The molecule has 0 radical (unpaired) electrons. The number of ether oxygens (including phenoxy) is 1. The smallest absolute Gasteiger partial charge is 0.265 e. The van der Waals surface area contributed by atoms with Gasteiger partial charge in [-0.05, 0) is 63.0 Å². The number of anilines is 3. The third-order valence-corrected chi connectivity index (χ3v) is 8.18. The molecule has 0 saturated heterocycles. The number of hydrogen-bond acceptors (Lipinski definition) is 6. The molecule has 1 heterocycles. The van der Waals surface area contributed by atoms with E-state index in [-0.39, 0.29) is 23.3 Å². The highest BCUT2D eigenvalue weighted by atomic mass is 32.2. The van der Waals surface area contributed by atoms with Crippen LogP contribution in [0.3, 0.4) is 0 Å². The lowest BCUT2D eigenvalue weighted by molar-refractivity contribution is -0.121. The van der Waals surface area contributed by atoms with Gasteiger partial charge in [-0.1, -0.05) is 42.5 Å². The van der Waals surface area contributed by atoms with Crippen LogP contribution >= 0.6 is 0 Å². The minimum absolute atomic E-state index is 0.0616. The number of benzene rings is 4. The lowest BCUT2D eigenvalue weighted by atomic mass is 10.1. The van der Waals surface area contributed by atoms with Crippen LogP contribution in [0, 0.1) is 6.92 Å². The van der Waals surface area contributed by atoms with Crippen LogP contribution in [0.4, 0.5) is 17.1 Å². The number of amides is 2. The molecule has 9 nitrogen and oxygen atoms in total. The number of aryl methyl sites for hydroxylation is 1. The zero-order valence-electron chi connectivity index (χ0n) is 22.5. The number of rotatable bonds is 8. The van der Waals surface area contributed by atoms with E-state index in [0.29, 0.717) is 52.2 Å². The average molecular weight is 559 g/mol. The van der Waals surface area contributed by atoms with Crippen molar-refractivity contribution >= 4 is 49.7 Å². The lowest BCUT2D eigenvalue weighted by Crippen LogP contribution is -2.42. The molecular weight excluding hydrogens is 528 g/mol. The van der Waals surface area contributed by atoms with E-state index in [9.17, 15) is 18.0 Å². The summed E-state index contributed by atoms with van der Waals surface area (Å²) in [6.07, 6.45) is 0. The molecule has 1 aliphatic heterocycles. The van der Waals surface area contributed by atoms with Crippen LogP contribution in [-0.4, -0.2) is 58.9 Å². The van der Waals surface area contributed by atoms with Crippen molar-refractivity contribution in [2.45, 2.75) is 11.8 Å². The van der Waals surface area contributed by atoms with E-state index in [2.05, 4.69) is 10.0 Å². The molecule has 2 N–H and O–H groups in total. The highest BCUT2D eigenvalue weighted by molar-refractivity contribution is 7.93. The van der Waals surface area contributed by atoms with E-state index in [1.54, 1.807) is 65.6 Å². The normalized spacial score (nSPS) is 13.2. The molecule has 0 aromatic heterocycles. The molecule has 4 aromatic rings. The number of nitrogens with zero attached hydrogens (tertiary/aromatic N) is 2. The van der Waals surface area contributed by atoms with Crippen molar-refractivity contribution in [1.82, 2.24) is 4.90 Å². The summed E-state index contributed by atoms with van der Waals surface area (Å²) in [5.41, 5.74) is 2.69. The van der Waals surface area contributed by atoms with Crippen molar-refractivity contribution in [3.05, 3.63) is 90.0 Å². The first-order valence-electron chi connectivity index (χ1n) is 12.8. The minimum atomic E-state index is -4.04. The Hall–Kier alpha value is -4.41. The highest BCUT2D eigenvalue weighted by Crippen LogP contribution is 2.36. The molecule has 0 unspecified atom stereocenters. The molecule has 10 heteroatoms. The van der Waals surface area contributed by atoms with Gasteiger partial charge < -0.3 is 19.9 Å². The zero-order valence-corrected chi connectivity index (χ0v) is 23.3. The third-order valence-electron chi connectivity index (χ3n) is 6.74. The minimum Gasteiger partial charge on any atom is -0.482 e. The molecule has 0 aliphatic carbocycles. The van der Waals surface area contributed by atoms with Gasteiger partial charge in [0.05, 0.1) is 16.3 Å². The van der Waals surface area contributed by atoms with Crippen molar-refractivity contribution in [3.8, 4) is 5.75 Å². The second-order valence-electron chi connectivity index (χ2n) is 9.85. The van der Waals surface area contributed by atoms with E-state index in [1.165, 1.54) is 6.07 Å². The first-order chi connectivity index (χ1) is 19.1. The quantitative estimate of drug-likeness (QED) is 0.330. The number of fused-ring (bicyclic) bond motifs is 2. The van der Waals surface area contributed by atoms with Gasteiger partial charge in [-0.3, -0.25) is 14.3 Å². The van der Waals surface area contributed by atoms with E-state index in [4.69, 9.17) is 4.74 Å². The van der Waals surface area contributed by atoms with Crippen LogP contribution < -0.4 is 19.7 Å². The fourth-order valence-electron chi connectivity index (χ4n) is 4.65. The van der Waals surface area contributed by atoms with E-state index >= 15 is 0 Å². The van der Waals surface area contributed by atoms with Gasteiger partial charge in [-0.15, -0.1) is 0 Å². The molecule has 0 atom stereocenters. The molecule has 1 aliphatic rings. The molecule has 2 amide bonds. The number of hydrogen-bond donors (Lipinski definition) is 2. The Morgan fingerprint density at radius 3 is 2.45 bits per heavy atom. The van der Waals surface area contributed by atoms with Crippen molar-refractivity contribution in [2.24, 2.45) is 0 Å². The van der Waals surface area contributed by atoms with Gasteiger partial charge in [0.2, 0.25) is 0 Å². The zero-order chi connectivity index (χ0) is 28.4. The summed E-state index contributed by atoms with van der Waals surface area (Å²) in [5, 5.41) is 3.97. The Morgan fingerprint density at radius 1 is 0.975 bits per heavy atom. The second kappa shape index (κ2) is 11.0. The SMILES string of the molecule is Cc1ccccc1C(=O)Nc1ccc(S(=O)(=O)Nc2ccc3c(c2)N(CCN(C)C)C(=O)CO3)c2ccccc12. The van der Waals surface area contributed by atoms with Gasteiger partial charge in [-0.2, -0.15) is 0 Å². The van der Waals surface area contributed by atoms with E-state index in [1.807, 2.05) is 38.1 Å². The van der Waals surface area contributed by atoms with Crippen LogP contribution in [0.25, 0.3) is 10.8 Å². The van der Waals surface area contributed by atoms with Gasteiger partial charge in [0, 0.05) is 35.1 Å². The maximum absolute atomic E-state index is 13.6. The predicted octanol–water partition coefficient (Wildman–Crippen LogP) is 4.49. The van der Waals surface area contributed by atoms with Gasteiger partial charge in [0.25, 0.3) is 21.8 Å². The van der Waals surface area contributed by atoms with E-state index in [0.717, 1.165) is 5.56 Å². The second-order valence-corrected chi connectivity index (χ2v) is 11.5. The standard InChI is InChI=1S/C30H30N4O5S/c1-20-8-4-5-9-22(20)30(36)31-25-13-15-28(24-11-7-6-10-23(24)25)40(37,38)32-21-12-14-27-26(18-21)34(17-16-33(2)3)29(35)19-39-27/h4-15,18,32H,16-17,19H2,1-3H3,(H,31,36). The molecule has 0 fully saturated rings. The third kappa shape index (κ3) is 5.49. The topological polar surface area (TPSA) is 108 Å². The van der Waals surface area contributed by atoms with Crippen LogP contribution in [0.5, 0.6) is 5.75 Å². The molecule has 5 rings (SSSR count). The summed E-state index contributed by atoms with van der Waals surface area (Å²) < 4.78 is 35.5. The maximum Gasteiger partial charge on any atom is 0.265 e. The Balaban J connectivity index is 1.46. The maximum atomic E-state index is 13.6. The van der Waals surface area contributed by atoms with Crippen LogP contribution in [0.1, 0.15) is 15.9 Å². The van der Waals surface area contributed by atoms with Crippen LogP contribution in [0.2, 0.25) is 0 Å². The Labute approximate surface area is 233 Å². The largest absolute Gasteiger partial charge is 0.482 e. The lowest BCUT2D eigenvalue weighted by Gasteiger charge is -2.30. The van der Waals surface area contributed by atoms with Gasteiger partial charge >= 0.3 is 0 Å². The first kappa shape index (κ1) is 27.2. The molecule has 206 valence electrons. The number of likely N-dealkylation sites (N-methyl/N-ethyl adjacent to an activating group) is 1. The summed E-state index contributed by atoms with van der Waals surface area (Å²) in [6.45, 7) is 2.88. The molecule has 0 bridgehead atoms. The monoisotopic (exact) mass is 558 g/mol. The van der Waals surface area contributed by atoms with Crippen molar-refractivity contribution < 1.29 is 22.7 Å². The van der Waals surface area contributed by atoms with Gasteiger partial charge in [0.1, 0.15) is 5.75 Å². The summed E-state index contributed by atoms with van der Waals surface area (Å²) in [5.74, 6) is 0.0471. The predicted molar refractivity (Wildman–Crippen MR) is 157 cm³/mol. The average Bonchev–Trinajstić information content (AvgIpc) is 2.92. The Bertz CT molecular complexity index is 1720. The summed E-state index contributed by atoms with van der Waals surface area (Å²) in [4.78, 5) is 29.2. The number of carbonyl (C=O) groups excluding carboxylic acids is 2. The highest BCUT2D eigenvalue weighted by Gasteiger charge is 2.27. The molecule has 4 aromatic carbocycles. The Kier molecular flexibility index (Phi) is 7.46. The van der Waals surface area contributed by atoms with Gasteiger partial charge in [-0.25, -0.2) is 8.42 Å². The summed E-state index contributed by atoms with van der Waals surface area (Å²) in [6, 6.07) is 22.2. The summed E-state index contributed by atoms with van der Waals surface area (Å²) in [7, 11) is -0.209. The van der Waals surface area contributed by atoms with E-state index < -0.39 is 10.0 Å². The van der Waals surface area contributed by atoms with Crippen molar-refractivity contribution in [1.29, 1.82) is 0 Å². The number of sulfonamides is 1.